The average Bonchev–Trinajstić information content (AvgIpc) is 3.84. The van der Waals surface area contributed by atoms with Gasteiger partial charge in [-0.25, -0.2) is 4.98 Å². The van der Waals surface area contributed by atoms with Crippen LogP contribution in [0.15, 0.2) is 92.4 Å². The summed E-state index contributed by atoms with van der Waals surface area (Å²) in [5, 5.41) is 94.9. The van der Waals surface area contributed by atoms with Crippen molar-refractivity contribution in [3.8, 4) is 0 Å². The van der Waals surface area contributed by atoms with Crippen LogP contribution in [0.1, 0.15) is 34.3 Å². The lowest BCUT2D eigenvalue weighted by Crippen LogP contribution is -2.70. The molecule has 440 valence electrons. The Morgan fingerprint density at radius 3 is 2.11 bits per heavy atom. The number of aromatic nitrogens is 1. The molecule has 4 aliphatic rings. The van der Waals surface area contributed by atoms with Gasteiger partial charge in [-0.05, 0) is 47.5 Å². The van der Waals surface area contributed by atoms with Crippen LogP contribution in [-0.2, 0) is 39.9 Å². The third-order valence-electron chi connectivity index (χ3n) is 14.3. The molecule has 0 radical (unpaired) electrons. The standard InChI is InChI=1S/C51H62ClN13O16S/c1-21(23-5-3-2-4-6-23)35-45(77)58-27(14-22-7-12-32-26(13-22)61-51(81-32)82-20-31(68)24-8-10-25(52)11-9-24)44(76)63-36(38(70)28-15-56-49(53)60-28)47(79)64-37(46(78)59-29(18-66)43(75)55-17-34(69)62-35)39(71)30-16-57-50(54)65(30)48-42(74)41(73)40(72)33(19-67)80-48/h2-13,21,27-30,33,35-42,48,66-67,70-74H,14-20H2,1H3,(H2,54,57)(H,55,75)(H,58,77)(H,59,78)(H,62,69)(H,63,76)(H,64,79)(H3,53,56,60)/t21?,27-,28?,29+,30?,33-,35+,36+,37-,38?,39?,40-,41+,42+,48+/m1/s1. The molecule has 31 heteroatoms. The van der Waals surface area contributed by atoms with Gasteiger partial charge >= 0.3 is 0 Å². The molecule has 2 saturated heterocycles. The predicted molar refractivity (Wildman–Crippen MR) is 290 cm³/mol. The van der Waals surface area contributed by atoms with E-state index in [0.29, 0.717) is 21.7 Å². The Balaban J connectivity index is 1.15. The fourth-order valence-electron chi connectivity index (χ4n) is 9.70. The van der Waals surface area contributed by atoms with Crippen molar-refractivity contribution in [3.05, 3.63) is 94.5 Å². The summed E-state index contributed by atoms with van der Waals surface area (Å²) in [4.78, 5) is 113. The molecular weight excluding hydrogens is 1120 g/mol. The van der Waals surface area contributed by atoms with Gasteiger partial charge in [-0.1, -0.05) is 66.7 Å². The van der Waals surface area contributed by atoms with Crippen LogP contribution in [-0.4, -0.2) is 223 Å². The van der Waals surface area contributed by atoms with Crippen molar-refractivity contribution in [3.63, 3.8) is 0 Å². The normalized spacial score (nSPS) is 29.1. The van der Waals surface area contributed by atoms with E-state index in [2.05, 4.69) is 52.2 Å². The number of nitrogens with two attached hydrogens (primary N) is 2. The number of rotatable bonds is 15. The zero-order valence-corrected chi connectivity index (χ0v) is 45.1. The van der Waals surface area contributed by atoms with Crippen LogP contribution in [0.2, 0.25) is 5.02 Å². The molecular formula is C51H62ClN13O16S. The molecule has 8 rings (SSSR count). The Labute approximate surface area is 475 Å². The SMILES string of the molecule is CC(c1ccccc1)[C@@H]1NC(=O)CNC(=O)[C@H](CO)NC(=O)[C@@H](C(O)C2CN=C(N)N2[C@H]2O[C@H](CO)[C@@H](O)[C@H](O)[C@@H]2O)NC(=O)[C@H](C(O)C2CN=C(N)N2)NC(=O)[C@@H](Cc2ccc3oc(SCC(=O)c4ccc(Cl)cc4)nc3c2)NC1=O. The van der Waals surface area contributed by atoms with E-state index >= 15 is 4.79 Å². The van der Waals surface area contributed by atoms with Crippen LogP contribution >= 0.6 is 23.4 Å². The number of thioether (sulfide) groups is 1. The average molecular weight is 1180 g/mol. The number of hydrogen-bond acceptors (Lipinski definition) is 24. The fourth-order valence-corrected chi connectivity index (χ4v) is 10.6. The second-order valence-electron chi connectivity index (χ2n) is 19.8. The van der Waals surface area contributed by atoms with Crippen molar-refractivity contribution in [2.24, 2.45) is 21.5 Å². The number of hydrogen-bond donors (Lipinski definition) is 16. The van der Waals surface area contributed by atoms with Crippen LogP contribution in [0.25, 0.3) is 11.1 Å². The Morgan fingerprint density at radius 1 is 0.756 bits per heavy atom. The quantitative estimate of drug-likeness (QED) is 0.0389. The molecule has 29 nitrogen and oxygen atoms in total. The lowest BCUT2D eigenvalue weighted by atomic mass is 9.92. The summed E-state index contributed by atoms with van der Waals surface area (Å²) in [6.07, 6.45) is -13.7. The number of Topliss-reactive ketones (excluding diaryl/α,β-unsaturated/α-hetero) is 1. The van der Waals surface area contributed by atoms with E-state index in [1.807, 2.05) is 0 Å². The molecule has 0 saturated carbocycles. The minimum absolute atomic E-state index is 0.0471. The van der Waals surface area contributed by atoms with Gasteiger partial charge in [0.25, 0.3) is 5.22 Å². The van der Waals surface area contributed by atoms with Gasteiger partial charge in [0, 0.05) is 22.9 Å². The minimum Gasteiger partial charge on any atom is -0.431 e. The lowest BCUT2D eigenvalue weighted by Gasteiger charge is -2.46. The van der Waals surface area contributed by atoms with E-state index < -0.39 is 159 Å². The van der Waals surface area contributed by atoms with E-state index in [1.54, 1.807) is 73.7 Å². The number of aliphatic hydroxyl groups is 7. The van der Waals surface area contributed by atoms with Gasteiger partial charge in [0.15, 0.2) is 29.5 Å². The van der Waals surface area contributed by atoms with Crippen LogP contribution in [0, 0.1) is 0 Å². The first-order valence-electron chi connectivity index (χ1n) is 25.7. The molecule has 82 heavy (non-hydrogen) atoms. The number of amides is 6. The number of ether oxygens (including phenoxy) is 1. The highest BCUT2D eigenvalue weighted by atomic mass is 35.5. The summed E-state index contributed by atoms with van der Waals surface area (Å²) in [6, 6.07) is 7.14. The summed E-state index contributed by atoms with van der Waals surface area (Å²) in [6.45, 7) is -2.00. The molecule has 0 aliphatic carbocycles. The second kappa shape index (κ2) is 26.6. The van der Waals surface area contributed by atoms with Crippen LogP contribution in [0.4, 0.5) is 0 Å². The monoisotopic (exact) mass is 1180 g/mol. The van der Waals surface area contributed by atoms with Crippen LogP contribution in [0.3, 0.4) is 0 Å². The highest BCUT2D eigenvalue weighted by Crippen LogP contribution is 2.30. The van der Waals surface area contributed by atoms with Gasteiger partial charge in [0.05, 0.1) is 50.7 Å². The van der Waals surface area contributed by atoms with Crippen LogP contribution < -0.4 is 48.7 Å². The summed E-state index contributed by atoms with van der Waals surface area (Å²) in [7, 11) is 0. The first-order chi connectivity index (χ1) is 39.1. The predicted octanol–water partition coefficient (Wildman–Crippen LogP) is -5.84. The number of aliphatic hydroxyl groups excluding tert-OH is 7. The third kappa shape index (κ3) is 13.9. The zero-order chi connectivity index (χ0) is 59.1. The fraction of sp³-hybridized carbons (Fsp3) is 0.451. The zero-order valence-electron chi connectivity index (χ0n) is 43.6. The number of oxazole rings is 1. The van der Waals surface area contributed by atoms with Gasteiger partial charge in [-0.2, -0.15) is 0 Å². The molecule has 0 bridgehead atoms. The molecule has 0 spiro atoms. The summed E-state index contributed by atoms with van der Waals surface area (Å²) >= 11 is 7.01. The number of guanidine groups is 2. The molecule has 1 aromatic heterocycles. The number of carbonyl (C=O) groups is 7. The number of benzene rings is 3. The maximum atomic E-state index is 15.1. The number of aliphatic imine (C=N–C) groups is 2. The maximum absolute atomic E-state index is 15.1. The largest absolute Gasteiger partial charge is 0.431 e. The number of nitrogens with zero attached hydrogens (tertiary/aromatic N) is 4. The van der Waals surface area contributed by atoms with Crippen molar-refractivity contribution in [2.75, 3.05) is 38.6 Å². The lowest BCUT2D eigenvalue weighted by molar-refractivity contribution is -0.260. The smallest absolute Gasteiger partial charge is 0.257 e. The number of nitrogens with one attached hydrogen (secondary N) is 7. The van der Waals surface area contributed by atoms with Gasteiger partial charge in [-0.3, -0.25) is 43.5 Å². The molecule has 3 aromatic carbocycles. The van der Waals surface area contributed by atoms with Crippen LogP contribution in [0.5, 0.6) is 0 Å². The Kier molecular flexibility index (Phi) is 19.6. The highest BCUT2D eigenvalue weighted by Gasteiger charge is 2.52. The van der Waals surface area contributed by atoms with Crippen molar-refractivity contribution < 1.29 is 78.5 Å². The molecule has 5 unspecified atom stereocenters. The number of ketones is 1. The van der Waals surface area contributed by atoms with Crippen molar-refractivity contribution in [1.29, 1.82) is 0 Å². The Hall–Kier alpha value is -7.52. The molecule has 4 aliphatic heterocycles. The second-order valence-corrected chi connectivity index (χ2v) is 21.2. The van der Waals surface area contributed by atoms with E-state index in [1.165, 1.54) is 6.07 Å². The summed E-state index contributed by atoms with van der Waals surface area (Å²) in [5.74, 6) is -8.66. The number of halogens is 1. The van der Waals surface area contributed by atoms with Gasteiger partial charge < -0.3 is 98.5 Å². The van der Waals surface area contributed by atoms with Crippen molar-refractivity contribution in [1.82, 2.24) is 47.1 Å². The molecule has 4 aromatic rings. The molecule has 6 amide bonds. The Morgan fingerprint density at radius 2 is 1.43 bits per heavy atom. The molecule has 2 fully saturated rings. The number of fused-ring (bicyclic) bond motifs is 1. The van der Waals surface area contributed by atoms with Gasteiger partial charge in [0.2, 0.25) is 35.4 Å². The minimum atomic E-state index is -2.29. The first kappa shape index (κ1) is 60.6. The van der Waals surface area contributed by atoms with Gasteiger partial charge in [-0.15, -0.1) is 0 Å². The summed E-state index contributed by atoms with van der Waals surface area (Å²) < 4.78 is 11.6. The Bertz CT molecular complexity index is 3070. The van der Waals surface area contributed by atoms with Crippen molar-refractivity contribution in [2.45, 2.75) is 110 Å². The van der Waals surface area contributed by atoms with E-state index in [-0.39, 0.29) is 46.8 Å². The van der Waals surface area contributed by atoms with Gasteiger partial charge in [0.1, 0.15) is 72.3 Å². The third-order valence-corrected chi connectivity index (χ3v) is 15.4. The van der Waals surface area contributed by atoms with E-state index in [0.717, 1.165) is 16.7 Å². The molecule has 15 atom stereocenters. The highest BCUT2D eigenvalue weighted by molar-refractivity contribution is 7.99. The number of carbonyl (C=O) groups excluding carboxylic acids is 7. The van der Waals surface area contributed by atoms with E-state index in [4.69, 9.17) is 32.2 Å². The molecule has 18 N–H and O–H groups in total. The summed E-state index contributed by atoms with van der Waals surface area (Å²) in [5.41, 5.74) is 14.0. The van der Waals surface area contributed by atoms with E-state index in [9.17, 15) is 64.5 Å². The topological polar surface area (TPSA) is 461 Å². The van der Waals surface area contributed by atoms with Crippen molar-refractivity contribution >= 4 is 87.6 Å². The molecule has 5 heterocycles. The first-order valence-corrected chi connectivity index (χ1v) is 27.1. The maximum Gasteiger partial charge on any atom is 0.257 e.